The Morgan fingerprint density at radius 1 is 0.692 bits per heavy atom. The second-order valence-corrected chi connectivity index (χ2v) is 9.75. The average molecular weight is 360 g/mol. The maximum Gasteiger partial charge on any atom is 0.0689 e. The highest BCUT2D eigenvalue weighted by atomic mass is 14.4. The van der Waals surface area contributed by atoms with Crippen LogP contribution in [0, 0.1) is 34.5 Å². The van der Waals surface area contributed by atoms with Crippen LogP contribution in [0.1, 0.15) is 129 Å². The van der Waals surface area contributed by atoms with Crippen LogP contribution in [0.3, 0.4) is 0 Å². The van der Waals surface area contributed by atoms with Gasteiger partial charge >= 0.3 is 0 Å². The second kappa shape index (κ2) is 12.0. The van der Waals surface area contributed by atoms with Crippen LogP contribution in [0.5, 0.6) is 0 Å². The molecule has 0 aliphatic heterocycles. The monoisotopic (exact) mass is 359 g/mol. The third-order valence-corrected chi connectivity index (χ3v) is 7.72. The summed E-state index contributed by atoms with van der Waals surface area (Å²) in [6.07, 6.45) is 24.7. The lowest BCUT2D eigenvalue weighted by atomic mass is 9.67. The normalized spacial score (nSPS) is 32.3. The van der Waals surface area contributed by atoms with Gasteiger partial charge in [0, 0.05) is 0 Å². The maximum absolute atomic E-state index is 9.71. The molecule has 0 atom stereocenters. The van der Waals surface area contributed by atoms with Gasteiger partial charge in [0.1, 0.15) is 0 Å². The molecule has 0 radical (unpaired) electrons. The zero-order chi connectivity index (χ0) is 18.7. The van der Waals surface area contributed by atoms with Gasteiger partial charge in [0.15, 0.2) is 0 Å². The average Bonchev–Trinajstić information content (AvgIpc) is 2.69. The van der Waals surface area contributed by atoms with Gasteiger partial charge in [-0.05, 0) is 49.9 Å². The van der Waals surface area contributed by atoms with Gasteiger partial charge in [0.25, 0.3) is 0 Å². The summed E-state index contributed by atoms with van der Waals surface area (Å²) < 4.78 is 0. The van der Waals surface area contributed by atoms with Gasteiger partial charge in [-0.25, -0.2) is 0 Å². The van der Waals surface area contributed by atoms with E-state index in [1.807, 2.05) is 0 Å². The van der Waals surface area contributed by atoms with Crippen LogP contribution in [0.25, 0.3) is 0 Å². The highest BCUT2D eigenvalue weighted by Crippen LogP contribution is 2.44. The van der Waals surface area contributed by atoms with E-state index < -0.39 is 0 Å². The second-order valence-electron chi connectivity index (χ2n) is 9.75. The zero-order valence-corrected chi connectivity index (χ0v) is 17.9. The van der Waals surface area contributed by atoms with E-state index in [-0.39, 0.29) is 5.41 Å². The predicted molar refractivity (Wildman–Crippen MR) is 113 cm³/mol. The molecule has 0 N–H and O–H groups in total. The molecule has 0 unspecified atom stereocenters. The lowest BCUT2D eigenvalue weighted by molar-refractivity contribution is 0.171. The van der Waals surface area contributed by atoms with Gasteiger partial charge in [0.2, 0.25) is 0 Å². The number of nitriles is 1. The maximum atomic E-state index is 9.71. The molecular formula is C25H45N. The highest BCUT2D eigenvalue weighted by Gasteiger charge is 2.35. The fourth-order valence-corrected chi connectivity index (χ4v) is 5.61. The third kappa shape index (κ3) is 7.25. The minimum absolute atomic E-state index is 0.0439. The molecule has 2 saturated carbocycles. The van der Waals surface area contributed by atoms with Crippen molar-refractivity contribution in [2.75, 3.05) is 0 Å². The van der Waals surface area contributed by atoms with Gasteiger partial charge in [0.05, 0.1) is 11.5 Å². The zero-order valence-electron chi connectivity index (χ0n) is 17.9. The fourth-order valence-electron chi connectivity index (χ4n) is 5.61. The summed E-state index contributed by atoms with van der Waals surface area (Å²) in [5, 5.41) is 9.71. The fraction of sp³-hybridized carbons (Fsp3) is 0.960. The summed E-state index contributed by atoms with van der Waals surface area (Å²) >= 11 is 0. The van der Waals surface area contributed by atoms with Crippen molar-refractivity contribution in [2.45, 2.75) is 129 Å². The molecular weight excluding hydrogens is 314 g/mol. The minimum Gasteiger partial charge on any atom is -0.198 e. The Balaban J connectivity index is 1.59. The van der Waals surface area contributed by atoms with E-state index in [1.54, 1.807) is 0 Å². The molecule has 0 aromatic rings. The van der Waals surface area contributed by atoms with Crippen molar-refractivity contribution < 1.29 is 0 Å². The van der Waals surface area contributed by atoms with Crippen molar-refractivity contribution >= 4 is 0 Å². The third-order valence-electron chi connectivity index (χ3n) is 7.72. The van der Waals surface area contributed by atoms with Crippen molar-refractivity contribution in [1.29, 1.82) is 5.26 Å². The van der Waals surface area contributed by atoms with Gasteiger partial charge in [-0.3, -0.25) is 0 Å². The summed E-state index contributed by atoms with van der Waals surface area (Å²) in [4.78, 5) is 0. The molecule has 0 aromatic carbocycles. The molecule has 2 rings (SSSR count). The molecule has 1 nitrogen and oxygen atoms in total. The first-order valence-corrected chi connectivity index (χ1v) is 12.1. The number of nitrogens with zero attached hydrogens (tertiary/aromatic N) is 1. The Bertz CT molecular complexity index is 391. The number of hydrogen-bond acceptors (Lipinski definition) is 1. The van der Waals surface area contributed by atoms with Crippen LogP contribution < -0.4 is 0 Å². The van der Waals surface area contributed by atoms with E-state index in [0.29, 0.717) is 0 Å². The highest BCUT2D eigenvalue weighted by molar-refractivity contribution is 5.01. The summed E-state index contributed by atoms with van der Waals surface area (Å²) in [7, 11) is 0. The van der Waals surface area contributed by atoms with Gasteiger partial charge in [-0.1, -0.05) is 97.3 Å². The van der Waals surface area contributed by atoms with E-state index in [4.69, 9.17) is 0 Å². The van der Waals surface area contributed by atoms with Crippen LogP contribution in [-0.2, 0) is 0 Å². The molecule has 0 saturated heterocycles. The molecule has 0 heterocycles. The SMILES string of the molecule is CCCCCC1CCC(CCC2CCC(C#N)(CCCCC)CC2)CC1. The van der Waals surface area contributed by atoms with E-state index >= 15 is 0 Å². The van der Waals surface area contributed by atoms with E-state index in [1.165, 1.54) is 109 Å². The van der Waals surface area contributed by atoms with Crippen molar-refractivity contribution in [2.24, 2.45) is 23.2 Å². The summed E-state index contributed by atoms with van der Waals surface area (Å²) in [6, 6.07) is 2.73. The van der Waals surface area contributed by atoms with Crippen molar-refractivity contribution in [3.8, 4) is 6.07 Å². The molecule has 2 fully saturated rings. The van der Waals surface area contributed by atoms with Crippen LogP contribution in [0.4, 0.5) is 0 Å². The molecule has 0 amide bonds. The van der Waals surface area contributed by atoms with E-state index in [0.717, 1.165) is 24.2 Å². The lowest BCUT2D eigenvalue weighted by Crippen LogP contribution is -2.26. The molecule has 0 spiro atoms. The molecule has 26 heavy (non-hydrogen) atoms. The first kappa shape index (κ1) is 21.8. The Hall–Kier alpha value is -0.510. The molecule has 2 aliphatic rings. The van der Waals surface area contributed by atoms with Crippen LogP contribution in [-0.4, -0.2) is 0 Å². The Kier molecular flexibility index (Phi) is 10.1. The molecule has 150 valence electrons. The van der Waals surface area contributed by atoms with Gasteiger partial charge in [-0.15, -0.1) is 0 Å². The quantitative estimate of drug-likeness (QED) is 0.339. The first-order valence-electron chi connectivity index (χ1n) is 12.1. The van der Waals surface area contributed by atoms with Crippen molar-refractivity contribution in [3.05, 3.63) is 0 Å². The van der Waals surface area contributed by atoms with Crippen molar-refractivity contribution in [3.63, 3.8) is 0 Å². The number of rotatable bonds is 11. The standard InChI is InChI=1S/C25H45N/c1-3-5-7-9-22-10-12-23(13-11-22)14-15-24-16-19-25(21-26,20-17-24)18-8-6-4-2/h22-24H,3-20H2,1-2H3. The molecule has 0 aromatic heterocycles. The molecule has 0 bridgehead atoms. The largest absolute Gasteiger partial charge is 0.198 e. The summed E-state index contributed by atoms with van der Waals surface area (Å²) in [5.74, 6) is 2.99. The van der Waals surface area contributed by atoms with E-state index in [2.05, 4.69) is 19.9 Å². The number of hydrogen-bond donors (Lipinski definition) is 0. The first-order chi connectivity index (χ1) is 12.7. The van der Waals surface area contributed by atoms with Crippen molar-refractivity contribution in [1.82, 2.24) is 0 Å². The molecule has 2 aliphatic carbocycles. The van der Waals surface area contributed by atoms with Gasteiger partial charge < -0.3 is 0 Å². The van der Waals surface area contributed by atoms with Crippen LogP contribution >= 0.6 is 0 Å². The lowest BCUT2D eigenvalue weighted by Gasteiger charge is -2.36. The number of unbranched alkanes of at least 4 members (excludes halogenated alkanes) is 4. The van der Waals surface area contributed by atoms with Crippen LogP contribution in [0.15, 0.2) is 0 Å². The Morgan fingerprint density at radius 2 is 1.19 bits per heavy atom. The smallest absolute Gasteiger partial charge is 0.0689 e. The Morgan fingerprint density at radius 3 is 1.73 bits per heavy atom. The van der Waals surface area contributed by atoms with Crippen LogP contribution in [0.2, 0.25) is 0 Å². The van der Waals surface area contributed by atoms with E-state index in [9.17, 15) is 5.26 Å². The summed E-state index contributed by atoms with van der Waals surface area (Å²) in [6.45, 7) is 4.57. The molecule has 1 heteroatoms. The summed E-state index contributed by atoms with van der Waals surface area (Å²) in [5.41, 5.74) is 0.0439. The Labute approximate surface area is 164 Å². The van der Waals surface area contributed by atoms with Gasteiger partial charge in [-0.2, -0.15) is 5.26 Å². The minimum atomic E-state index is 0.0439. The predicted octanol–water partition coefficient (Wildman–Crippen LogP) is 8.43. The topological polar surface area (TPSA) is 23.8 Å².